The molecule has 2 aromatic heterocycles. The summed E-state index contributed by atoms with van der Waals surface area (Å²) >= 11 is 1.73. The Labute approximate surface area is 117 Å². The second-order valence-corrected chi connectivity index (χ2v) is 6.51. The molecule has 2 aromatic rings. The molecule has 3 rings (SSSR count). The first kappa shape index (κ1) is 12.7. The fraction of sp³-hybridized carbons (Fsp3) is 0.571. The summed E-state index contributed by atoms with van der Waals surface area (Å²) in [6, 6.07) is 2.67. The van der Waals surface area contributed by atoms with Crippen molar-refractivity contribution in [3.63, 3.8) is 0 Å². The van der Waals surface area contributed by atoms with Crippen LogP contribution in [-0.4, -0.2) is 22.6 Å². The molecule has 0 bridgehead atoms. The van der Waals surface area contributed by atoms with Crippen LogP contribution in [-0.2, 0) is 0 Å². The molecule has 19 heavy (non-hydrogen) atoms. The predicted molar refractivity (Wildman–Crippen MR) is 82.1 cm³/mol. The number of aromatic nitrogens is 2. The van der Waals surface area contributed by atoms with E-state index in [1.165, 1.54) is 17.7 Å². The van der Waals surface area contributed by atoms with Gasteiger partial charge in [0.25, 0.3) is 0 Å². The lowest BCUT2D eigenvalue weighted by Gasteiger charge is -2.15. The first-order chi connectivity index (χ1) is 9.17. The Morgan fingerprint density at radius 3 is 2.89 bits per heavy atom. The summed E-state index contributed by atoms with van der Waals surface area (Å²) in [5.74, 6) is 2.51. The topological polar surface area (TPSA) is 49.8 Å². The first-order valence-electron chi connectivity index (χ1n) is 6.96. The van der Waals surface area contributed by atoms with E-state index in [-0.39, 0.29) is 0 Å². The maximum atomic E-state index is 4.63. The Balaban J connectivity index is 1.98. The van der Waals surface area contributed by atoms with Gasteiger partial charge in [-0.05, 0) is 45.6 Å². The zero-order chi connectivity index (χ0) is 13.4. The molecule has 102 valence electrons. The zero-order valence-corrected chi connectivity index (χ0v) is 12.5. The van der Waals surface area contributed by atoms with E-state index in [2.05, 4.69) is 47.4 Å². The van der Waals surface area contributed by atoms with E-state index in [1.807, 2.05) is 0 Å². The molecule has 1 fully saturated rings. The van der Waals surface area contributed by atoms with Gasteiger partial charge in [-0.2, -0.15) is 4.98 Å². The second-order valence-electron chi connectivity index (χ2n) is 5.27. The fourth-order valence-electron chi connectivity index (χ4n) is 2.32. The molecule has 1 atom stereocenters. The fourth-order valence-corrected chi connectivity index (χ4v) is 3.20. The van der Waals surface area contributed by atoms with Crippen LogP contribution in [0, 0.1) is 12.8 Å². The van der Waals surface area contributed by atoms with Crippen molar-refractivity contribution < 1.29 is 0 Å². The molecule has 1 unspecified atom stereocenters. The van der Waals surface area contributed by atoms with E-state index in [4.69, 9.17) is 0 Å². The van der Waals surface area contributed by atoms with Crippen molar-refractivity contribution >= 4 is 33.3 Å². The highest BCUT2D eigenvalue weighted by molar-refractivity contribution is 7.18. The molecule has 1 saturated carbocycles. The molecule has 0 amide bonds. The molecule has 0 saturated heterocycles. The summed E-state index contributed by atoms with van der Waals surface area (Å²) in [7, 11) is 0. The van der Waals surface area contributed by atoms with Crippen molar-refractivity contribution in [3.05, 3.63) is 10.9 Å². The van der Waals surface area contributed by atoms with Gasteiger partial charge in [-0.15, -0.1) is 11.3 Å². The molecule has 0 aliphatic heterocycles. The lowest BCUT2D eigenvalue weighted by atomic mass is 10.2. The maximum Gasteiger partial charge on any atom is 0.226 e. The van der Waals surface area contributed by atoms with Gasteiger partial charge < -0.3 is 10.6 Å². The minimum absolute atomic E-state index is 0.493. The summed E-state index contributed by atoms with van der Waals surface area (Å²) in [5, 5.41) is 7.94. The number of nitrogens with zero attached hydrogens (tertiary/aromatic N) is 2. The maximum absolute atomic E-state index is 4.63. The zero-order valence-electron chi connectivity index (χ0n) is 11.7. The number of fused-ring (bicyclic) bond motifs is 1. The number of aryl methyl sites for hydroxylation is 1. The Hall–Kier alpha value is -1.36. The van der Waals surface area contributed by atoms with Crippen LogP contribution in [0.3, 0.4) is 0 Å². The van der Waals surface area contributed by atoms with Crippen LogP contribution in [0.5, 0.6) is 0 Å². The largest absolute Gasteiger partial charge is 0.367 e. The summed E-state index contributed by atoms with van der Waals surface area (Å²) in [6.45, 7) is 7.27. The van der Waals surface area contributed by atoms with E-state index in [9.17, 15) is 0 Å². The van der Waals surface area contributed by atoms with E-state index in [0.29, 0.717) is 6.04 Å². The molecule has 4 nitrogen and oxygen atoms in total. The number of anilines is 2. The standard InChI is InChI=1S/C14H20N4S/c1-4-15-14-17-12(16-9(3)10-5-6-10)11-7-8(2)19-13(11)18-14/h7,9-10H,4-6H2,1-3H3,(H2,15,16,17,18). The highest BCUT2D eigenvalue weighted by atomic mass is 32.1. The molecular formula is C14H20N4S. The van der Waals surface area contributed by atoms with Crippen LogP contribution in [0.1, 0.15) is 31.6 Å². The number of hydrogen-bond donors (Lipinski definition) is 2. The molecular weight excluding hydrogens is 256 g/mol. The lowest BCUT2D eigenvalue weighted by Crippen LogP contribution is -2.19. The predicted octanol–water partition coefficient (Wildman–Crippen LogP) is 3.64. The van der Waals surface area contributed by atoms with Crippen molar-refractivity contribution in [1.29, 1.82) is 0 Å². The van der Waals surface area contributed by atoms with Gasteiger partial charge in [0, 0.05) is 17.5 Å². The molecule has 0 spiro atoms. The molecule has 0 radical (unpaired) electrons. The quantitative estimate of drug-likeness (QED) is 0.875. The molecule has 0 aromatic carbocycles. The average Bonchev–Trinajstić information content (AvgIpc) is 3.13. The van der Waals surface area contributed by atoms with Gasteiger partial charge in [0.2, 0.25) is 5.95 Å². The Bertz CT molecular complexity index is 588. The summed E-state index contributed by atoms with van der Waals surface area (Å²) in [4.78, 5) is 11.5. The molecule has 5 heteroatoms. The third-order valence-electron chi connectivity index (χ3n) is 3.54. The van der Waals surface area contributed by atoms with Crippen LogP contribution >= 0.6 is 11.3 Å². The molecule has 1 aliphatic rings. The van der Waals surface area contributed by atoms with E-state index in [0.717, 1.165) is 34.4 Å². The van der Waals surface area contributed by atoms with Crippen LogP contribution in [0.25, 0.3) is 10.2 Å². The van der Waals surface area contributed by atoms with Gasteiger partial charge in [-0.3, -0.25) is 0 Å². The number of hydrogen-bond acceptors (Lipinski definition) is 5. The Morgan fingerprint density at radius 1 is 1.42 bits per heavy atom. The van der Waals surface area contributed by atoms with Crippen molar-refractivity contribution in [1.82, 2.24) is 9.97 Å². The second kappa shape index (κ2) is 4.96. The van der Waals surface area contributed by atoms with Crippen molar-refractivity contribution in [3.8, 4) is 0 Å². The van der Waals surface area contributed by atoms with Crippen molar-refractivity contribution in [2.75, 3.05) is 17.2 Å². The Morgan fingerprint density at radius 2 is 2.21 bits per heavy atom. The average molecular weight is 276 g/mol. The highest BCUT2D eigenvalue weighted by Crippen LogP contribution is 2.36. The molecule has 2 heterocycles. The number of rotatable bonds is 5. The SMILES string of the molecule is CCNc1nc(NC(C)C2CC2)c2cc(C)sc2n1. The van der Waals surface area contributed by atoms with Gasteiger partial charge in [0.05, 0.1) is 5.39 Å². The minimum Gasteiger partial charge on any atom is -0.367 e. The van der Waals surface area contributed by atoms with Gasteiger partial charge in [-0.25, -0.2) is 4.98 Å². The normalized spacial score (nSPS) is 16.6. The summed E-state index contributed by atoms with van der Waals surface area (Å²) in [5.41, 5.74) is 0. The minimum atomic E-state index is 0.493. The van der Waals surface area contributed by atoms with Gasteiger partial charge >= 0.3 is 0 Å². The Kier molecular flexibility index (Phi) is 3.31. The van der Waals surface area contributed by atoms with E-state index in [1.54, 1.807) is 11.3 Å². The van der Waals surface area contributed by atoms with Gasteiger partial charge in [0.1, 0.15) is 10.6 Å². The monoisotopic (exact) mass is 276 g/mol. The smallest absolute Gasteiger partial charge is 0.226 e. The summed E-state index contributed by atoms with van der Waals surface area (Å²) < 4.78 is 0. The van der Waals surface area contributed by atoms with Crippen LogP contribution in [0.2, 0.25) is 0 Å². The van der Waals surface area contributed by atoms with Crippen LogP contribution in [0.15, 0.2) is 6.07 Å². The van der Waals surface area contributed by atoms with Gasteiger partial charge in [-0.1, -0.05) is 0 Å². The first-order valence-corrected chi connectivity index (χ1v) is 7.77. The third-order valence-corrected chi connectivity index (χ3v) is 4.49. The van der Waals surface area contributed by atoms with Crippen LogP contribution < -0.4 is 10.6 Å². The van der Waals surface area contributed by atoms with E-state index < -0.39 is 0 Å². The lowest BCUT2D eigenvalue weighted by molar-refractivity contribution is 0.691. The molecule has 2 N–H and O–H groups in total. The van der Waals surface area contributed by atoms with Gasteiger partial charge in [0.15, 0.2) is 0 Å². The van der Waals surface area contributed by atoms with Crippen LogP contribution in [0.4, 0.5) is 11.8 Å². The highest BCUT2D eigenvalue weighted by Gasteiger charge is 2.28. The number of thiophene rings is 1. The number of nitrogens with one attached hydrogen (secondary N) is 2. The van der Waals surface area contributed by atoms with E-state index >= 15 is 0 Å². The third kappa shape index (κ3) is 2.66. The molecule has 1 aliphatic carbocycles. The van der Waals surface area contributed by atoms with Crippen molar-refractivity contribution in [2.24, 2.45) is 5.92 Å². The summed E-state index contributed by atoms with van der Waals surface area (Å²) in [6.07, 6.45) is 2.68. The van der Waals surface area contributed by atoms with Crippen molar-refractivity contribution in [2.45, 2.75) is 39.7 Å².